The van der Waals surface area contributed by atoms with E-state index in [4.69, 9.17) is 4.74 Å². The molecule has 2 aromatic carbocycles. The van der Waals surface area contributed by atoms with Gasteiger partial charge in [-0.15, -0.1) is 0 Å². The minimum absolute atomic E-state index is 0.000194. The number of carbonyl (C=O) groups excluding carboxylic acids is 3. The van der Waals surface area contributed by atoms with E-state index in [-0.39, 0.29) is 30.7 Å². The van der Waals surface area contributed by atoms with Gasteiger partial charge in [0.15, 0.2) is 11.6 Å². The summed E-state index contributed by atoms with van der Waals surface area (Å²) in [6.45, 7) is 1.69. The van der Waals surface area contributed by atoms with Gasteiger partial charge < -0.3 is 15.4 Å². The quantitative estimate of drug-likeness (QED) is 0.748. The number of carbonyl (C=O) groups is 3. The predicted molar refractivity (Wildman–Crippen MR) is 99.2 cm³/mol. The molecule has 1 saturated heterocycles. The maximum Gasteiger partial charge on any atom is 0.324 e. The number of nitrogens with zero attached hydrogens (tertiary/aromatic N) is 1. The smallest absolute Gasteiger partial charge is 0.324 e. The maximum atomic E-state index is 13.9. The third-order valence-electron chi connectivity index (χ3n) is 4.55. The standard InChI is InChI=1S/C20H20FN3O4/c1-12(13-7-8-17(28-2)16(21)9-13)23-19(26)15-6-4-3-5-14(15)11-24-18(25)10-22-20(24)27/h3-9,12H,10-11H2,1-2H3,(H,22,27)(H,23,26). The summed E-state index contributed by atoms with van der Waals surface area (Å²) >= 11 is 0. The molecule has 3 rings (SSSR count). The van der Waals surface area contributed by atoms with Crippen molar-refractivity contribution in [1.29, 1.82) is 0 Å². The summed E-state index contributed by atoms with van der Waals surface area (Å²) in [5.74, 6) is -1.12. The Labute approximate surface area is 161 Å². The topological polar surface area (TPSA) is 87.7 Å². The maximum absolute atomic E-state index is 13.9. The fraction of sp³-hybridized carbons (Fsp3) is 0.250. The minimum Gasteiger partial charge on any atom is -0.494 e. The number of methoxy groups -OCH3 is 1. The number of benzene rings is 2. The number of rotatable bonds is 6. The van der Waals surface area contributed by atoms with Crippen LogP contribution in [0.3, 0.4) is 0 Å². The third kappa shape index (κ3) is 3.95. The van der Waals surface area contributed by atoms with E-state index in [0.29, 0.717) is 16.7 Å². The van der Waals surface area contributed by atoms with Crippen molar-refractivity contribution < 1.29 is 23.5 Å². The van der Waals surface area contributed by atoms with E-state index in [1.165, 1.54) is 19.2 Å². The molecule has 0 radical (unpaired) electrons. The van der Waals surface area contributed by atoms with Gasteiger partial charge in [0, 0.05) is 5.56 Å². The van der Waals surface area contributed by atoms with E-state index in [0.717, 1.165) is 4.90 Å². The zero-order valence-electron chi connectivity index (χ0n) is 15.5. The monoisotopic (exact) mass is 385 g/mol. The van der Waals surface area contributed by atoms with Gasteiger partial charge in [0.2, 0.25) is 5.91 Å². The SMILES string of the molecule is COc1ccc(C(C)NC(=O)c2ccccc2CN2C(=O)CNC2=O)cc1F. The highest BCUT2D eigenvalue weighted by molar-refractivity contribution is 6.02. The zero-order chi connectivity index (χ0) is 20.3. The molecule has 2 aromatic rings. The van der Waals surface area contributed by atoms with Gasteiger partial charge in [-0.1, -0.05) is 24.3 Å². The second-order valence-electron chi connectivity index (χ2n) is 6.38. The summed E-state index contributed by atoms with van der Waals surface area (Å²) in [5.41, 5.74) is 1.47. The van der Waals surface area contributed by atoms with Crippen LogP contribution in [-0.2, 0) is 11.3 Å². The Balaban J connectivity index is 1.76. The molecule has 1 heterocycles. The molecule has 1 unspecified atom stereocenters. The Morgan fingerprint density at radius 1 is 1.29 bits per heavy atom. The van der Waals surface area contributed by atoms with Gasteiger partial charge in [-0.3, -0.25) is 14.5 Å². The molecule has 0 saturated carbocycles. The molecule has 1 aliphatic rings. The molecule has 0 aliphatic carbocycles. The van der Waals surface area contributed by atoms with Crippen molar-refractivity contribution in [2.75, 3.05) is 13.7 Å². The number of imide groups is 1. The first kappa shape index (κ1) is 19.3. The first-order valence-electron chi connectivity index (χ1n) is 8.71. The van der Waals surface area contributed by atoms with E-state index < -0.39 is 17.9 Å². The van der Waals surface area contributed by atoms with E-state index in [2.05, 4.69) is 10.6 Å². The highest BCUT2D eigenvalue weighted by Crippen LogP contribution is 2.22. The van der Waals surface area contributed by atoms with Gasteiger partial charge in [-0.2, -0.15) is 0 Å². The van der Waals surface area contributed by atoms with Gasteiger partial charge in [0.1, 0.15) is 0 Å². The van der Waals surface area contributed by atoms with Crippen molar-refractivity contribution in [3.05, 3.63) is 65.0 Å². The third-order valence-corrected chi connectivity index (χ3v) is 4.55. The van der Waals surface area contributed by atoms with E-state index >= 15 is 0 Å². The minimum atomic E-state index is -0.514. The first-order valence-corrected chi connectivity index (χ1v) is 8.71. The van der Waals surface area contributed by atoms with Crippen LogP contribution in [0, 0.1) is 5.82 Å². The fourth-order valence-corrected chi connectivity index (χ4v) is 2.98. The van der Waals surface area contributed by atoms with Gasteiger partial charge in [-0.05, 0) is 36.2 Å². The lowest BCUT2D eigenvalue weighted by atomic mass is 10.0. The Hall–Kier alpha value is -3.42. The Morgan fingerprint density at radius 2 is 2.04 bits per heavy atom. The summed E-state index contributed by atoms with van der Waals surface area (Å²) < 4.78 is 18.8. The fourth-order valence-electron chi connectivity index (χ4n) is 2.98. The van der Waals surface area contributed by atoms with Crippen LogP contribution >= 0.6 is 0 Å². The molecule has 1 fully saturated rings. The van der Waals surface area contributed by atoms with Crippen LogP contribution in [0.4, 0.5) is 9.18 Å². The van der Waals surface area contributed by atoms with Gasteiger partial charge in [0.05, 0.1) is 26.2 Å². The van der Waals surface area contributed by atoms with Crippen LogP contribution < -0.4 is 15.4 Å². The molecule has 1 aliphatic heterocycles. The molecule has 28 heavy (non-hydrogen) atoms. The van der Waals surface area contributed by atoms with Gasteiger partial charge in [0.25, 0.3) is 5.91 Å². The molecular weight excluding hydrogens is 365 g/mol. The average molecular weight is 385 g/mol. The number of nitrogens with one attached hydrogen (secondary N) is 2. The molecule has 7 nitrogen and oxygen atoms in total. The van der Waals surface area contributed by atoms with Gasteiger partial charge in [-0.25, -0.2) is 9.18 Å². The van der Waals surface area contributed by atoms with E-state index in [9.17, 15) is 18.8 Å². The molecule has 2 N–H and O–H groups in total. The lowest BCUT2D eigenvalue weighted by Crippen LogP contribution is -2.32. The van der Waals surface area contributed by atoms with Crippen molar-refractivity contribution in [2.45, 2.75) is 19.5 Å². The van der Waals surface area contributed by atoms with Gasteiger partial charge >= 0.3 is 6.03 Å². The zero-order valence-corrected chi connectivity index (χ0v) is 15.5. The first-order chi connectivity index (χ1) is 13.4. The van der Waals surface area contributed by atoms with Crippen LogP contribution in [-0.4, -0.2) is 36.4 Å². The summed E-state index contributed by atoms with van der Waals surface area (Å²) in [7, 11) is 1.38. The summed E-state index contributed by atoms with van der Waals surface area (Å²) in [6.07, 6.45) is 0. The van der Waals surface area contributed by atoms with Crippen molar-refractivity contribution in [2.24, 2.45) is 0 Å². The molecule has 1 atom stereocenters. The number of amides is 4. The van der Waals surface area contributed by atoms with Crippen LogP contribution in [0.1, 0.15) is 34.5 Å². The van der Waals surface area contributed by atoms with Crippen molar-refractivity contribution in [3.8, 4) is 5.75 Å². The molecule has 146 valence electrons. The van der Waals surface area contributed by atoms with Crippen molar-refractivity contribution >= 4 is 17.8 Å². The Kier molecular flexibility index (Phi) is 5.58. The van der Waals surface area contributed by atoms with Crippen LogP contribution in [0.2, 0.25) is 0 Å². The van der Waals surface area contributed by atoms with Crippen molar-refractivity contribution in [3.63, 3.8) is 0 Å². The number of halogens is 1. The average Bonchev–Trinajstić information content (AvgIpc) is 3.00. The molecule has 0 aromatic heterocycles. The number of hydrogen-bond acceptors (Lipinski definition) is 4. The Morgan fingerprint density at radius 3 is 2.68 bits per heavy atom. The Bertz CT molecular complexity index is 915. The highest BCUT2D eigenvalue weighted by Gasteiger charge is 2.29. The summed E-state index contributed by atoms with van der Waals surface area (Å²) in [4.78, 5) is 37.4. The predicted octanol–water partition coefficient (Wildman–Crippen LogP) is 2.38. The summed E-state index contributed by atoms with van der Waals surface area (Å²) in [5, 5.41) is 5.26. The highest BCUT2D eigenvalue weighted by atomic mass is 19.1. The number of urea groups is 1. The lowest BCUT2D eigenvalue weighted by molar-refractivity contribution is -0.125. The molecule has 0 bridgehead atoms. The molecule has 4 amide bonds. The lowest BCUT2D eigenvalue weighted by Gasteiger charge is -2.18. The summed E-state index contributed by atoms with van der Waals surface area (Å²) in [6, 6.07) is 10.3. The normalized spacial score (nSPS) is 14.6. The number of ether oxygens (including phenoxy) is 1. The second kappa shape index (κ2) is 8.08. The van der Waals surface area contributed by atoms with Crippen LogP contribution in [0.5, 0.6) is 5.75 Å². The molecule has 8 heteroatoms. The van der Waals surface area contributed by atoms with Crippen molar-refractivity contribution in [1.82, 2.24) is 15.5 Å². The second-order valence-corrected chi connectivity index (χ2v) is 6.38. The molecular formula is C20H20FN3O4. The van der Waals surface area contributed by atoms with E-state index in [1.54, 1.807) is 37.3 Å². The molecule has 0 spiro atoms. The number of hydrogen-bond donors (Lipinski definition) is 2. The van der Waals surface area contributed by atoms with Crippen LogP contribution in [0.15, 0.2) is 42.5 Å². The van der Waals surface area contributed by atoms with Crippen LogP contribution in [0.25, 0.3) is 0 Å². The van der Waals surface area contributed by atoms with E-state index in [1.807, 2.05) is 0 Å². The largest absolute Gasteiger partial charge is 0.494 e.